The number of benzene rings is 1. The van der Waals surface area contributed by atoms with Crippen molar-refractivity contribution in [3.05, 3.63) is 24.3 Å². The van der Waals surface area contributed by atoms with E-state index in [4.69, 9.17) is 5.11 Å². The van der Waals surface area contributed by atoms with Crippen LogP contribution in [-0.4, -0.2) is 37.3 Å². The second kappa shape index (κ2) is 6.37. The van der Waals surface area contributed by atoms with Gasteiger partial charge in [0.2, 0.25) is 0 Å². The number of rotatable bonds is 7. The maximum atomic E-state index is 10.6. The maximum Gasteiger partial charge on any atom is 0.303 e. The smallest absolute Gasteiger partial charge is 0.303 e. The van der Waals surface area contributed by atoms with Gasteiger partial charge in [-0.25, -0.2) is 0 Å². The van der Waals surface area contributed by atoms with Crippen molar-refractivity contribution in [3.63, 3.8) is 0 Å². The maximum absolute atomic E-state index is 10.6. The van der Waals surface area contributed by atoms with E-state index < -0.39 is 5.97 Å². The third kappa shape index (κ3) is 3.69. The molecule has 1 N–H and O–H groups in total. The Morgan fingerprint density at radius 1 is 1.10 bits per heavy atom. The first-order valence-electron chi connectivity index (χ1n) is 8.05. The van der Waals surface area contributed by atoms with E-state index in [0.29, 0.717) is 0 Å². The molecule has 0 aromatic heterocycles. The zero-order chi connectivity index (χ0) is 14.7. The zero-order valence-electron chi connectivity index (χ0n) is 12.5. The molecule has 0 radical (unpaired) electrons. The molecule has 114 valence electrons. The Kier molecular flexibility index (Phi) is 4.32. The van der Waals surface area contributed by atoms with E-state index in [0.717, 1.165) is 38.4 Å². The van der Waals surface area contributed by atoms with Gasteiger partial charge in [-0.1, -0.05) is 12.1 Å². The molecule has 2 aliphatic rings. The minimum atomic E-state index is -0.690. The van der Waals surface area contributed by atoms with Gasteiger partial charge in [-0.15, -0.1) is 0 Å². The summed E-state index contributed by atoms with van der Waals surface area (Å²) in [5.74, 6) is 0.213. The summed E-state index contributed by atoms with van der Waals surface area (Å²) >= 11 is 0. The number of carboxylic acids is 1. The fourth-order valence-electron chi connectivity index (χ4n) is 3.09. The molecule has 1 fully saturated rings. The summed E-state index contributed by atoms with van der Waals surface area (Å²) in [7, 11) is 0. The van der Waals surface area contributed by atoms with Gasteiger partial charge in [0.25, 0.3) is 0 Å². The predicted molar refractivity (Wildman–Crippen MR) is 85.1 cm³/mol. The van der Waals surface area contributed by atoms with Crippen molar-refractivity contribution >= 4 is 17.3 Å². The minimum absolute atomic E-state index is 0.281. The van der Waals surface area contributed by atoms with Gasteiger partial charge in [0.1, 0.15) is 0 Å². The summed E-state index contributed by atoms with van der Waals surface area (Å²) in [6, 6.07) is 8.64. The van der Waals surface area contributed by atoms with E-state index in [1.807, 2.05) is 0 Å². The number of carboxylic acid groups (broad SMARTS) is 1. The second-order valence-electron chi connectivity index (χ2n) is 6.22. The third-order valence-corrected chi connectivity index (χ3v) is 4.45. The highest BCUT2D eigenvalue weighted by atomic mass is 16.4. The molecule has 3 rings (SSSR count). The van der Waals surface area contributed by atoms with Gasteiger partial charge in [-0.05, 0) is 43.7 Å². The van der Waals surface area contributed by atoms with Gasteiger partial charge in [-0.3, -0.25) is 4.79 Å². The van der Waals surface area contributed by atoms with Crippen LogP contribution in [0.2, 0.25) is 0 Å². The highest BCUT2D eigenvalue weighted by Crippen LogP contribution is 2.37. The van der Waals surface area contributed by atoms with Crippen LogP contribution >= 0.6 is 0 Å². The normalized spacial score (nSPS) is 17.7. The van der Waals surface area contributed by atoms with Crippen molar-refractivity contribution in [2.75, 3.05) is 36.0 Å². The molecule has 0 unspecified atom stereocenters. The molecule has 0 bridgehead atoms. The predicted octanol–water partition coefficient (Wildman–Crippen LogP) is 2.98. The average molecular weight is 288 g/mol. The summed E-state index contributed by atoms with van der Waals surface area (Å²) in [4.78, 5) is 15.5. The lowest BCUT2D eigenvalue weighted by atomic mass is 10.1. The molecule has 1 heterocycles. The fourth-order valence-corrected chi connectivity index (χ4v) is 3.09. The van der Waals surface area contributed by atoms with Gasteiger partial charge in [0.05, 0.1) is 11.4 Å². The number of hydrogen-bond acceptors (Lipinski definition) is 3. The van der Waals surface area contributed by atoms with Crippen LogP contribution in [0.5, 0.6) is 0 Å². The highest BCUT2D eigenvalue weighted by molar-refractivity contribution is 5.73. The van der Waals surface area contributed by atoms with Crippen LogP contribution in [0.25, 0.3) is 0 Å². The van der Waals surface area contributed by atoms with Crippen molar-refractivity contribution in [1.29, 1.82) is 0 Å². The highest BCUT2D eigenvalue weighted by Gasteiger charge is 2.28. The molecule has 1 aliphatic carbocycles. The van der Waals surface area contributed by atoms with E-state index in [-0.39, 0.29) is 6.42 Å². The van der Waals surface area contributed by atoms with Crippen molar-refractivity contribution in [2.24, 2.45) is 5.92 Å². The van der Waals surface area contributed by atoms with Crippen LogP contribution in [0.3, 0.4) is 0 Å². The Labute approximate surface area is 126 Å². The number of fused-ring (bicyclic) bond motifs is 1. The van der Waals surface area contributed by atoms with Crippen LogP contribution in [-0.2, 0) is 4.79 Å². The Morgan fingerprint density at radius 2 is 1.76 bits per heavy atom. The largest absolute Gasteiger partial charge is 0.481 e. The molecule has 0 saturated heterocycles. The van der Waals surface area contributed by atoms with E-state index in [9.17, 15) is 4.79 Å². The molecular formula is C17H24N2O2. The van der Waals surface area contributed by atoms with Crippen LogP contribution in [0.4, 0.5) is 11.4 Å². The summed E-state index contributed by atoms with van der Waals surface area (Å²) in [6.07, 6.45) is 4.77. The lowest BCUT2D eigenvalue weighted by Gasteiger charge is -2.39. The molecular weight excluding hydrogens is 264 g/mol. The molecule has 4 nitrogen and oxygen atoms in total. The first kappa shape index (κ1) is 14.2. The summed E-state index contributed by atoms with van der Waals surface area (Å²) in [5, 5.41) is 8.71. The molecule has 0 spiro atoms. The lowest BCUT2D eigenvalue weighted by Crippen LogP contribution is -2.42. The van der Waals surface area contributed by atoms with Crippen LogP contribution in [0, 0.1) is 5.92 Å². The van der Waals surface area contributed by atoms with Crippen molar-refractivity contribution in [2.45, 2.75) is 32.1 Å². The van der Waals surface area contributed by atoms with Gasteiger partial charge >= 0.3 is 5.97 Å². The van der Waals surface area contributed by atoms with E-state index >= 15 is 0 Å². The Hall–Kier alpha value is -1.71. The van der Waals surface area contributed by atoms with E-state index in [2.05, 4.69) is 34.1 Å². The molecule has 21 heavy (non-hydrogen) atoms. The first-order chi connectivity index (χ1) is 10.2. The van der Waals surface area contributed by atoms with Crippen molar-refractivity contribution < 1.29 is 9.90 Å². The SMILES string of the molecule is O=C(O)CCCCN1CCN(CC2CC2)c2ccccc21. The number of unbranched alkanes of at least 4 members (excludes halogenated alkanes) is 1. The summed E-state index contributed by atoms with van der Waals surface area (Å²) < 4.78 is 0. The third-order valence-electron chi connectivity index (χ3n) is 4.45. The first-order valence-corrected chi connectivity index (χ1v) is 8.05. The van der Waals surface area contributed by atoms with Gasteiger partial charge in [-0.2, -0.15) is 0 Å². The number of hydrogen-bond donors (Lipinski definition) is 1. The Balaban J connectivity index is 1.61. The van der Waals surface area contributed by atoms with E-state index in [1.54, 1.807) is 0 Å². The van der Waals surface area contributed by atoms with Gasteiger partial charge in [0, 0.05) is 32.6 Å². The average Bonchev–Trinajstić information content (AvgIpc) is 3.29. The quantitative estimate of drug-likeness (QED) is 0.783. The van der Waals surface area contributed by atoms with Crippen LogP contribution in [0.15, 0.2) is 24.3 Å². The Morgan fingerprint density at radius 3 is 2.43 bits per heavy atom. The molecule has 0 amide bonds. The minimum Gasteiger partial charge on any atom is -0.481 e. The van der Waals surface area contributed by atoms with Crippen molar-refractivity contribution in [3.8, 4) is 0 Å². The van der Waals surface area contributed by atoms with Gasteiger partial charge < -0.3 is 14.9 Å². The second-order valence-corrected chi connectivity index (χ2v) is 6.22. The monoisotopic (exact) mass is 288 g/mol. The molecule has 1 aromatic rings. The Bertz CT molecular complexity index is 499. The number of carbonyl (C=O) groups is 1. The van der Waals surface area contributed by atoms with Crippen LogP contribution in [0.1, 0.15) is 32.1 Å². The van der Waals surface area contributed by atoms with Crippen LogP contribution < -0.4 is 9.80 Å². The summed E-state index contributed by atoms with van der Waals surface area (Å²) in [6.45, 7) is 4.30. The number of anilines is 2. The van der Waals surface area contributed by atoms with Crippen molar-refractivity contribution in [1.82, 2.24) is 0 Å². The summed E-state index contributed by atoms with van der Waals surface area (Å²) in [5.41, 5.74) is 2.67. The molecule has 1 saturated carbocycles. The fraction of sp³-hybridized carbons (Fsp3) is 0.588. The van der Waals surface area contributed by atoms with E-state index in [1.165, 1.54) is 30.8 Å². The molecule has 1 aliphatic heterocycles. The number of nitrogens with zero attached hydrogens (tertiary/aromatic N) is 2. The molecule has 4 heteroatoms. The topological polar surface area (TPSA) is 43.8 Å². The molecule has 1 aromatic carbocycles. The van der Waals surface area contributed by atoms with Gasteiger partial charge in [0.15, 0.2) is 0 Å². The zero-order valence-corrected chi connectivity index (χ0v) is 12.5. The number of para-hydroxylation sites is 2. The lowest BCUT2D eigenvalue weighted by molar-refractivity contribution is -0.137. The number of aliphatic carboxylic acids is 1. The molecule has 0 atom stereocenters. The standard InChI is InChI=1S/C17H24N2O2/c20-17(21)7-3-4-10-18-11-12-19(13-14-8-9-14)16-6-2-1-5-15(16)18/h1-2,5-6,14H,3-4,7-13H2,(H,20,21).